The van der Waals surface area contributed by atoms with Crippen molar-refractivity contribution in [2.24, 2.45) is 28.6 Å². The van der Waals surface area contributed by atoms with Gasteiger partial charge in [-0.05, 0) is 81.9 Å². The van der Waals surface area contributed by atoms with E-state index in [-0.39, 0.29) is 84.4 Å². The van der Waals surface area contributed by atoms with Crippen molar-refractivity contribution in [3.8, 4) is 5.75 Å². The number of carbonyl (C=O) groups is 6. The Morgan fingerprint density at radius 1 is 0.985 bits per heavy atom. The maximum atomic E-state index is 16.0. The number of Topliss-reactive ketones (excluding diaryl/α,β-unsaturated/α-hetero) is 1. The number of piperazine rings is 1. The number of rotatable bonds is 13. The lowest BCUT2D eigenvalue weighted by atomic mass is 9.46. The number of allylic oxidation sites excluding steroid dienone is 4. The number of benzene rings is 1. The molecule has 1 saturated heterocycles. The van der Waals surface area contributed by atoms with Crippen LogP contribution >= 0.6 is 11.6 Å². The minimum atomic E-state index is -1.84. The maximum absolute atomic E-state index is 16.0. The molecule has 2 aromatic rings. The first-order valence-electron chi connectivity index (χ1n) is 22.4. The van der Waals surface area contributed by atoms with E-state index in [1.165, 1.54) is 18.2 Å². The number of anilines is 1. The van der Waals surface area contributed by atoms with E-state index < -0.39 is 102 Å². The van der Waals surface area contributed by atoms with Crippen LogP contribution in [0.4, 0.5) is 14.9 Å². The van der Waals surface area contributed by atoms with E-state index in [1.807, 2.05) is 19.9 Å². The standard InChI is InChI=1S/C47H55ClFN3O14/c1-25-20-50(40-33(49)18-30-39(42(40)62-4)52(27-6-7-27)21-31(41(30)58)43(59)64-23-48)15-16-51(25)44(60)66-24-65-37(57)10-9-36(56)63-22-35(55)47(61)14-12-32-29-8-5-26-17-28(53)11-13-45(26,2)38(29)34(54)19-46(32,47)3/h11,13,17-18,21,25,27,29,32,34,38,54,61H,5-10,12,14-16,19-20,22-24H2,1-4H3/t25?,29?,32?,34?,38?,45-,46-,47-/m0/s1. The van der Waals surface area contributed by atoms with Crippen molar-refractivity contribution < 1.29 is 67.1 Å². The number of aliphatic hydroxyl groups excluding tert-OH is 1. The highest BCUT2D eigenvalue weighted by molar-refractivity contribution is 6.17. The Kier molecular flexibility index (Phi) is 12.9. The molecule has 2 N–H and O–H groups in total. The highest BCUT2D eigenvalue weighted by Crippen LogP contribution is 2.67. The fourth-order valence-electron chi connectivity index (χ4n) is 11.9. The second-order valence-corrected chi connectivity index (χ2v) is 19.1. The Morgan fingerprint density at radius 3 is 2.39 bits per heavy atom. The monoisotopic (exact) mass is 939 g/mol. The first kappa shape index (κ1) is 47.2. The van der Waals surface area contributed by atoms with Gasteiger partial charge in [-0.15, -0.1) is 0 Å². The molecular weight excluding hydrogens is 885 g/mol. The zero-order chi connectivity index (χ0) is 47.5. The molecule has 4 saturated carbocycles. The van der Waals surface area contributed by atoms with Crippen LogP contribution in [0.2, 0.25) is 0 Å². The van der Waals surface area contributed by atoms with E-state index >= 15 is 4.39 Å². The molecule has 17 nitrogen and oxygen atoms in total. The van der Waals surface area contributed by atoms with E-state index in [1.54, 1.807) is 28.5 Å². The number of nitrogens with zero attached hydrogens (tertiary/aromatic N) is 3. The lowest BCUT2D eigenvalue weighted by molar-refractivity contribution is -0.181. The van der Waals surface area contributed by atoms with Gasteiger partial charge in [0.2, 0.25) is 18.0 Å². The van der Waals surface area contributed by atoms with Crippen LogP contribution in [-0.2, 0) is 38.1 Å². The molecule has 2 heterocycles. The molecular formula is C47H55ClFN3O14. The largest absolute Gasteiger partial charge is 0.492 e. The Balaban J connectivity index is 0.804. The number of pyridine rings is 1. The lowest BCUT2D eigenvalue weighted by Gasteiger charge is -2.59. The summed E-state index contributed by atoms with van der Waals surface area (Å²) in [5.74, 6) is -4.34. The Bertz CT molecular complexity index is 2490. The number of carbonyl (C=O) groups excluding carboxylic acids is 6. The van der Waals surface area contributed by atoms with Crippen molar-refractivity contribution in [3.63, 3.8) is 0 Å². The van der Waals surface area contributed by atoms with E-state index in [0.717, 1.165) is 24.5 Å². The summed E-state index contributed by atoms with van der Waals surface area (Å²) in [6.07, 6.45) is 7.75. The number of aromatic nitrogens is 1. The van der Waals surface area contributed by atoms with Gasteiger partial charge >= 0.3 is 24.0 Å². The summed E-state index contributed by atoms with van der Waals surface area (Å²) < 4.78 is 43.8. The number of amides is 1. The van der Waals surface area contributed by atoms with Crippen LogP contribution in [-0.4, -0.2) is 119 Å². The number of methoxy groups -OCH3 is 1. The van der Waals surface area contributed by atoms with Crippen molar-refractivity contribution in [1.82, 2.24) is 9.47 Å². The lowest BCUT2D eigenvalue weighted by Crippen LogP contribution is -2.61. The summed E-state index contributed by atoms with van der Waals surface area (Å²) >= 11 is 5.56. The van der Waals surface area contributed by atoms with E-state index in [9.17, 15) is 43.8 Å². The number of esters is 3. The van der Waals surface area contributed by atoms with Gasteiger partial charge in [-0.2, -0.15) is 0 Å². The minimum Gasteiger partial charge on any atom is -0.492 e. The summed E-state index contributed by atoms with van der Waals surface area (Å²) in [5.41, 5.74) is -2.93. The van der Waals surface area contributed by atoms with Crippen LogP contribution < -0.4 is 15.1 Å². The number of ether oxygens (including phenoxy) is 5. The number of hydrogen-bond donors (Lipinski definition) is 2. The van der Waals surface area contributed by atoms with E-state index in [2.05, 4.69) is 0 Å². The number of halogens is 2. The van der Waals surface area contributed by atoms with Crippen molar-refractivity contribution in [1.29, 1.82) is 0 Å². The SMILES string of the molecule is COc1c(N2CCN(C(=O)OCOC(=O)CCC(=O)OCC(=O)[C@@]3(O)CCC4C5CCC6=CC(=O)C=C[C@]6(C)C5C(O)C[C@@]43C)C(C)C2)c(F)cc2c(=O)c(C(=O)OCCl)cn(C3CC3)c12. The van der Waals surface area contributed by atoms with Gasteiger partial charge in [0.25, 0.3) is 0 Å². The molecule has 0 spiro atoms. The maximum Gasteiger partial charge on any atom is 0.413 e. The first-order valence-corrected chi connectivity index (χ1v) is 23.0. The average Bonchev–Trinajstić information content (AvgIpc) is 4.08. The van der Waals surface area contributed by atoms with Gasteiger partial charge in [-0.3, -0.25) is 24.0 Å². The predicted octanol–water partition coefficient (Wildman–Crippen LogP) is 4.89. The second kappa shape index (κ2) is 18.1. The zero-order valence-corrected chi connectivity index (χ0v) is 38.1. The molecule has 1 aliphatic heterocycles. The first-order chi connectivity index (χ1) is 31.4. The third-order valence-electron chi connectivity index (χ3n) is 15.3. The molecule has 19 heteroatoms. The van der Waals surface area contributed by atoms with Crippen LogP contribution in [0.15, 0.2) is 40.9 Å². The molecule has 1 aromatic heterocycles. The van der Waals surface area contributed by atoms with E-state index in [4.69, 9.17) is 35.3 Å². The van der Waals surface area contributed by atoms with Crippen LogP contribution in [0, 0.1) is 34.4 Å². The molecule has 1 aromatic carbocycles. The molecule has 5 aliphatic carbocycles. The molecule has 5 fully saturated rings. The zero-order valence-electron chi connectivity index (χ0n) is 37.3. The molecule has 6 aliphatic rings. The number of alkyl halides is 1. The summed E-state index contributed by atoms with van der Waals surface area (Å²) in [6.45, 7) is 4.46. The molecule has 8 rings (SSSR count). The summed E-state index contributed by atoms with van der Waals surface area (Å²) in [4.78, 5) is 93.0. The third-order valence-corrected chi connectivity index (χ3v) is 15.4. The highest BCUT2D eigenvalue weighted by Gasteiger charge is 2.68. The fourth-order valence-corrected chi connectivity index (χ4v) is 12.0. The second-order valence-electron chi connectivity index (χ2n) is 18.9. The smallest absolute Gasteiger partial charge is 0.413 e. The Labute approximate surface area is 384 Å². The van der Waals surface area contributed by atoms with Crippen LogP contribution in [0.1, 0.15) is 95.0 Å². The van der Waals surface area contributed by atoms with Gasteiger partial charge in [0.1, 0.15) is 16.9 Å². The van der Waals surface area contributed by atoms with Gasteiger partial charge in [0, 0.05) is 54.7 Å². The molecule has 8 atom stereocenters. The summed E-state index contributed by atoms with van der Waals surface area (Å²) in [6, 6.07) is 0.0266. The average molecular weight is 940 g/mol. The quantitative estimate of drug-likeness (QED) is 0.118. The predicted molar refractivity (Wildman–Crippen MR) is 233 cm³/mol. The normalized spacial score (nSPS) is 30.2. The van der Waals surface area contributed by atoms with Gasteiger partial charge in [0.05, 0.1) is 37.0 Å². The minimum absolute atomic E-state index is 0.00328. The molecule has 5 unspecified atom stereocenters. The summed E-state index contributed by atoms with van der Waals surface area (Å²) in [5, 5.41) is 23.5. The van der Waals surface area contributed by atoms with Gasteiger partial charge in [0.15, 0.2) is 30.0 Å². The Hall–Kier alpha value is -5.33. The van der Waals surface area contributed by atoms with Gasteiger partial charge in [-0.1, -0.05) is 37.1 Å². The van der Waals surface area contributed by atoms with Crippen LogP contribution in [0.25, 0.3) is 10.9 Å². The highest BCUT2D eigenvalue weighted by atomic mass is 35.5. The van der Waals surface area contributed by atoms with Crippen molar-refractivity contribution >= 4 is 63.8 Å². The van der Waals surface area contributed by atoms with Gasteiger partial charge in [-0.25, -0.2) is 14.0 Å². The third kappa shape index (κ3) is 8.16. The number of ketones is 2. The number of aliphatic hydroxyl groups is 2. The fraction of sp³-hybridized carbons (Fsp3) is 0.596. The molecule has 1 amide bonds. The summed E-state index contributed by atoms with van der Waals surface area (Å²) in [7, 11) is 1.36. The van der Waals surface area contributed by atoms with E-state index in [0.29, 0.717) is 24.8 Å². The van der Waals surface area contributed by atoms with Crippen molar-refractivity contribution in [2.75, 3.05) is 51.1 Å². The number of fused-ring (bicyclic) bond motifs is 6. The van der Waals surface area contributed by atoms with Crippen molar-refractivity contribution in [2.45, 2.75) is 102 Å². The van der Waals surface area contributed by atoms with Crippen LogP contribution in [0.5, 0.6) is 5.75 Å². The molecule has 0 bridgehead atoms. The topological polar surface area (TPSA) is 218 Å². The number of hydrogen-bond acceptors (Lipinski definition) is 15. The molecule has 0 radical (unpaired) electrons. The van der Waals surface area contributed by atoms with Crippen molar-refractivity contribution in [3.05, 3.63) is 57.7 Å². The van der Waals surface area contributed by atoms with Gasteiger partial charge < -0.3 is 48.3 Å². The Morgan fingerprint density at radius 2 is 1.71 bits per heavy atom. The van der Waals surface area contributed by atoms with Crippen LogP contribution in [0.3, 0.4) is 0 Å². The molecule has 66 heavy (non-hydrogen) atoms. The molecule has 356 valence electrons.